The molecule has 4 heteroatoms. The van der Waals surface area contributed by atoms with Gasteiger partial charge in [0.25, 0.3) is 0 Å². The molecule has 1 rings (SSSR count). The third-order valence-electron chi connectivity index (χ3n) is 2.68. The molecular formula is C10H20N2O2. The van der Waals surface area contributed by atoms with E-state index >= 15 is 0 Å². The molecule has 1 saturated heterocycles. The predicted octanol–water partition coefficient (Wildman–Crippen LogP) is 0.393. The van der Waals surface area contributed by atoms with Gasteiger partial charge in [0.15, 0.2) is 0 Å². The highest BCUT2D eigenvalue weighted by molar-refractivity contribution is 5.66. The summed E-state index contributed by atoms with van der Waals surface area (Å²) in [6.07, 6.45) is 2.76. The van der Waals surface area contributed by atoms with Crippen molar-refractivity contribution >= 4 is 5.97 Å². The van der Waals surface area contributed by atoms with Crippen molar-refractivity contribution in [2.24, 2.45) is 5.92 Å². The molecule has 0 radical (unpaired) electrons. The molecule has 0 aliphatic carbocycles. The summed E-state index contributed by atoms with van der Waals surface area (Å²) in [6.45, 7) is 3.89. The molecule has 0 aromatic carbocycles. The standard InChI is InChI=1S/C10H20N2O2/c1-12(6-4-10(13)14)8-9-3-2-5-11-7-9/h9,11H,2-8H2,1H3,(H,13,14). The van der Waals surface area contributed by atoms with Crippen molar-refractivity contribution in [2.45, 2.75) is 19.3 Å². The first kappa shape index (κ1) is 11.5. The number of carboxylic acids is 1. The second-order valence-corrected chi connectivity index (χ2v) is 4.12. The van der Waals surface area contributed by atoms with Gasteiger partial charge >= 0.3 is 5.97 Å². The Morgan fingerprint density at radius 2 is 2.43 bits per heavy atom. The summed E-state index contributed by atoms with van der Waals surface area (Å²) in [6, 6.07) is 0. The first-order chi connectivity index (χ1) is 6.68. The van der Waals surface area contributed by atoms with Crippen LogP contribution in [0.3, 0.4) is 0 Å². The maximum absolute atomic E-state index is 10.4. The quantitative estimate of drug-likeness (QED) is 0.674. The lowest BCUT2D eigenvalue weighted by Crippen LogP contribution is -2.37. The van der Waals surface area contributed by atoms with Gasteiger partial charge in [-0.25, -0.2) is 0 Å². The molecule has 0 spiro atoms. The summed E-state index contributed by atoms with van der Waals surface area (Å²) in [5, 5.41) is 11.9. The highest BCUT2D eigenvalue weighted by atomic mass is 16.4. The number of hydrogen-bond donors (Lipinski definition) is 2. The molecule has 1 fully saturated rings. The fourth-order valence-corrected chi connectivity index (χ4v) is 1.90. The van der Waals surface area contributed by atoms with Crippen LogP contribution < -0.4 is 5.32 Å². The van der Waals surface area contributed by atoms with Crippen molar-refractivity contribution in [3.05, 3.63) is 0 Å². The van der Waals surface area contributed by atoms with Gasteiger partial charge in [-0.2, -0.15) is 0 Å². The van der Waals surface area contributed by atoms with Gasteiger partial charge in [-0.15, -0.1) is 0 Å². The fourth-order valence-electron chi connectivity index (χ4n) is 1.90. The maximum Gasteiger partial charge on any atom is 0.304 e. The van der Waals surface area contributed by atoms with Crippen LogP contribution in [0.15, 0.2) is 0 Å². The molecule has 0 amide bonds. The summed E-state index contributed by atoms with van der Waals surface area (Å²) < 4.78 is 0. The van der Waals surface area contributed by atoms with Crippen molar-refractivity contribution in [1.82, 2.24) is 10.2 Å². The Kier molecular flexibility index (Phi) is 4.90. The average Bonchev–Trinajstić information content (AvgIpc) is 2.16. The third kappa shape index (κ3) is 4.58. The van der Waals surface area contributed by atoms with E-state index in [0.29, 0.717) is 12.5 Å². The molecule has 0 bridgehead atoms. The summed E-state index contributed by atoms with van der Waals surface area (Å²) in [5.41, 5.74) is 0. The zero-order valence-electron chi connectivity index (χ0n) is 8.83. The molecule has 1 heterocycles. The Bertz CT molecular complexity index is 179. The first-order valence-electron chi connectivity index (χ1n) is 5.29. The Morgan fingerprint density at radius 1 is 1.64 bits per heavy atom. The molecule has 1 unspecified atom stereocenters. The van der Waals surface area contributed by atoms with Gasteiger partial charge in [0.1, 0.15) is 0 Å². The van der Waals surface area contributed by atoms with Crippen molar-refractivity contribution < 1.29 is 9.90 Å². The number of nitrogens with one attached hydrogen (secondary N) is 1. The summed E-state index contributed by atoms with van der Waals surface area (Å²) >= 11 is 0. The van der Waals surface area contributed by atoms with Crippen molar-refractivity contribution in [3.63, 3.8) is 0 Å². The van der Waals surface area contributed by atoms with E-state index in [1.165, 1.54) is 12.8 Å². The van der Waals surface area contributed by atoms with Gasteiger partial charge in [0, 0.05) is 13.1 Å². The van der Waals surface area contributed by atoms with E-state index in [9.17, 15) is 4.79 Å². The second-order valence-electron chi connectivity index (χ2n) is 4.12. The van der Waals surface area contributed by atoms with E-state index in [4.69, 9.17) is 5.11 Å². The molecule has 2 N–H and O–H groups in total. The molecule has 14 heavy (non-hydrogen) atoms. The summed E-state index contributed by atoms with van der Waals surface area (Å²) in [5.74, 6) is -0.0128. The zero-order valence-corrected chi connectivity index (χ0v) is 8.83. The van der Waals surface area contributed by atoms with E-state index in [2.05, 4.69) is 10.2 Å². The number of piperidine rings is 1. The minimum atomic E-state index is -0.710. The molecule has 4 nitrogen and oxygen atoms in total. The topological polar surface area (TPSA) is 52.6 Å². The SMILES string of the molecule is CN(CCC(=O)O)CC1CCCNC1. The number of carboxylic acid groups (broad SMARTS) is 1. The highest BCUT2D eigenvalue weighted by Gasteiger charge is 2.14. The van der Waals surface area contributed by atoms with Crippen LogP contribution in [-0.2, 0) is 4.79 Å². The minimum Gasteiger partial charge on any atom is -0.481 e. The van der Waals surface area contributed by atoms with E-state index in [1.54, 1.807) is 0 Å². The molecule has 82 valence electrons. The molecule has 0 aromatic rings. The van der Waals surface area contributed by atoms with E-state index in [-0.39, 0.29) is 6.42 Å². The van der Waals surface area contributed by atoms with E-state index < -0.39 is 5.97 Å². The zero-order chi connectivity index (χ0) is 10.4. The molecular weight excluding hydrogens is 180 g/mol. The van der Waals surface area contributed by atoms with Crippen LogP contribution in [0.5, 0.6) is 0 Å². The normalized spacial score (nSPS) is 22.6. The van der Waals surface area contributed by atoms with Crippen LogP contribution in [0, 0.1) is 5.92 Å². The molecule has 1 atom stereocenters. The van der Waals surface area contributed by atoms with Crippen LogP contribution >= 0.6 is 0 Å². The highest BCUT2D eigenvalue weighted by Crippen LogP contribution is 2.10. The van der Waals surface area contributed by atoms with Crippen molar-refractivity contribution in [2.75, 3.05) is 33.2 Å². The summed E-state index contributed by atoms with van der Waals surface area (Å²) in [4.78, 5) is 12.5. The average molecular weight is 200 g/mol. The Labute approximate surface area is 85.3 Å². The van der Waals surface area contributed by atoms with Crippen LogP contribution in [0.1, 0.15) is 19.3 Å². The Hall–Kier alpha value is -0.610. The molecule has 0 aromatic heterocycles. The van der Waals surface area contributed by atoms with Crippen LogP contribution in [-0.4, -0.2) is 49.2 Å². The monoisotopic (exact) mass is 200 g/mol. The number of hydrogen-bond acceptors (Lipinski definition) is 3. The van der Waals surface area contributed by atoms with Crippen LogP contribution in [0.2, 0.25) is 0 Å². The predicted molar refractivity (Wildman–Crippen MR) is 55.3 cm³/mol. The van der Waals surface area contributed by atoms with Crippen molar-refractivity contribution in [1.29, 1.82) is 0 Å². The number of rotatable bonds is 5. The van der Waals surface area contributed by atoms with Gasteiger partial charge in [-0.1, -0.05) is 0 Å². The smallest absolute Gasteiger partial charge is 0.304 e. The van der Waals surface area contributed by atoms with Crippen molar-refractivity contribution in [3.8, 4) is 0 Å². The molecule has 0 saturated carbocycles. The lowest BCUT2D eigenvalue weighted by Gasteiger charge is -2.27. The van der Waals surface area contributed by atoms with E-state index in [1.807, 2.05) is 7.05 Å². The van der Waals surface area contributed by atoms with Gasteiger partial charge in [-0.3, -0.25) is 4.79 Å². The first-order valence-corrected chi connectivity index (χ1v) is 5.29. The Morgan fingerprint density at radius 3 is 3.00 bits per heavy atom. The Balaban J connectivity index is 2.11. The molecule has 1 aliphatic heterocycles. The second kappa shape index (κ2) is 5.98. The maximum atomic E-state index is 10.4. The largest absolute Gasteiger partial charge is 0.481 e. The number of aliphatic carboxylic acids is 1. The lowest BCUT2D eigenvalue weighted by atomic mass is 9.99. The van der Waals surface area contributed by atoms with Gasteiger partial charge < -0.3 is 15.3 Å². The van der Waals surface area contributed by atoms with Crippen LogP contribution in [0.25, 0.3) is 0 Å². The van der Waals surface area contributed by atoms with Gasteiger partial charge in [0.05, 0.1) is 6.42 Å². The van der Waals surface area contributed by atoms with Crippen LogP contribution in [0.4, 0.5) is 0 Å². The van der Waals surface area contributed by atoms with Gasteiger partial charge in [-0.05, 0) is 38.9 Å². The van der Waals surface area contributed by atoms with Gasteiger partial charge in [0.2, 0.25) is 0 Å². The fraction of sp³-hybridized carbons (Fsp3) is 0.900. The minimum absolute atomic E-state index is 0.247. The lowest BCUT2D eigenvalue weighted by molar-refractivity contribution is -0.137. The third-order valence-corrected chi connectivity index (χ3v) is 2.68. The summed E-state index contributed by atoms with van der Waals surface area (Å²) in [7, 11) is 2.00. The molecule has 1 aliphatic rings. The number of nitrogens with zero attached hydrogens (tertiary/aromatic N) is 1. The van der Waals surface area contributed by atoms with E-state index in [0.717, 1.165) is 19.6 Å². The number of carbonyl (C=O) groups is 1.